The number of hydrogen-bond acceptors (Lipinski definition) is 15. The molecule has 410 valence electrons. The third kappa shape index (κ3) is 56.7. The number of carbonyl (C=O) groups excluding carboxylic acids is 7. The first-order chi connectivity index (χ1) is 33.3. The van der Waals surface area contributed by atoms with Crippen molar-refractivity contribution < 1.29 is 104 Å². The van der Waals surface area contributed by atoms with E-state index in [0.717, 1.165) is 25.8 Å². The molecule has 0 fully saturated rings. The van der Waals surface area contributed by atoms with Gasteiger partial charge < -0.3 is 73.8 Å². The molecule has 0 saturated carbocycles. The minimum absolute atomic E-state index is 0. The smallest absolute Gasteiger partial charge is 0.377 e. The Morgan fingerprint density at radius 1 is 0.606 bits per heavy atom. The summed E-state index contributed by atoms with van der Waals surface area (Å²) in [7, 11) is 1.67. The van der Waals surface area contributed by atoms with E-state index in [1.54, 1.807) is 19.0 Å². The van der Waals surface area contributed by atoms with Gasteiger partial charge in [-0.25, -0.2) is 13.2 Å². The fraction of sp³-hybridized carbons (Fsp3) is 0.792. The molecule has 71 heavy (non-hydrogen) atoms. The van der Waals surface area contributed by atoms with Crippen LogP contribution in [-0.2, 0) is 52.5 Å². The summed E-state index contributed by atoms with van der Waals surface area (Å²) in [6, 6.07) is -1.12. The van der Waals surface area contributed by atoms with E-state index in [-0.39, 0.29) is 179 Å². The van der Waals surface area contributed by atoms with Crippen LogP contribution < -0.4 is 105 Å². The number of ether oxygens (including phenoxy) is 4. The Kier molecular flexibility index (Phi) is 65.5. The van der Waals surface area contributed by atoms with Crippen LogP contribution in [-0.4, -0.2) is 158 Å². The molecule has 3 atom stereocenters. The molecule has 0 aromatic carbocycles. The van der Waals surface area contributed by atoms with Gasteiger partial charge in [0.05, 0.1) is 45.7 Å². The van der Waals surface area contributed by atoms with E-state index < -0.39 is 18.0 Å². The molecule has 0 aliphatic rings. The molecular weight excluding hydrogens is 964 g/mol. The number of unbranched alkanes of at least 4 members (excludes halogenated alkanes) is 4. The average molecular weight is 1060 g/mol. The fourth-order valence-electron chi connectivity index (χ4n) is 5.87. The van der Waals surface area contributed by atoms with Crippen molar-refractivity contribution in [3.05, 3.63) is 18.9 Å². The Bertz CT molecular complexity index is 1370. The third-order valence-electron chi connectivity index (χ3n) is 9.74. The Balaban J connectivity index is -0.000000996. The van der Waals surface area contributed by atoms with Crippen LogP contribution in [0.5, 0.6) is 0 Å². The topological polar surface area (TPSA) is 319 Å². The average Bonchev–Trinajstić information content (AvgIpc) is 3.31. The number of primary amides is 2. The molecular formula is C48H95KN10O11S. The largest absolute Gasteiger partial charge is 1.00 e. The van der Waals surface area contributed by atoms with E-state index in [4.69, 9.17) is 36.1 Å². The maximum Gasteiger partial charge on any atom is 1.00 e. The minimum Gasteiger partial charge on any atom is -0.377 e. The summed E-state index contributed by atoms with van der Waals surface area (Å²) < 4.78 is 24.6. The number of nitrogens with one attached hydrogen (secondary N) is 7. The summed E-state index contributed by atoms with van der Waals surface area (Å²) >= 11 is 1.80. The van der Waals surface area contributed by atoms with Crippen molar-refractivity contribution in [2.45, 2.75) is 137 Å². The number of hydrogen-bond donors (Lipinski definition) is 10. The predicted octanol–water partition coefficient (Wildman–Crippen LogP) is -1.33. The van der Waals surface area contributed by atoms with Crippen LogP contribution in [0.15, 0.2) is 12.3 Å². The van der Waals surface area contributed by atoms with Gasteiger partial charge in [-0.2, -0.15) is 0 Å². The first kappa shape index (κ1) is 77.4. The summed E-state index contributed by atoms with van der Waals surface area (Å²) in [5.41, 5.74) is 18.2. The van der Waals surface area contributed by atoms with Crippen LogP contribution in [0, 0.1) is 12.5 Å². The van der Waals surface area contributed by atoms with Gasteiger partial charge in [-0.3, -0.25) is 38.3 Å². The van der Waals surface area contributed by atoms with Crippen molar-refractivity contribution >= 4 is 53.3 Å². The Hall–Kier alpha value is -2.48. The molecule has 0 radical (unpaired) electrons. The van der Waals surface area contributed by atoms with Crippen molar-refractivity contribution in [1.82, 2.24) is 36.6 Å². The zero-order chi connectivity index (χ0) is 52.2. The maximum atomic E-state index is 12.8. The Morgan fingerprint density at radius 3 is 1.61 bits per heavy atom. The first-order valence-corrected chi connectivity index (χ1v) is 25.5. The number of rotatable bonds is 45. The number of amides is 7. The molecule has 0 saturated heterocycles. The van der Waals surface area contributed by atoms with Crippen molar-refractivity contribution in [2.24, 2.45) is 23.1 Å². The third-order valence-corrected chi connectivity index (χ3v) is 10.4. The number of likely N-dealkylation sites (N-methyl/N-ethyl adjacent to an activating group) is 1. The fourth-order valence-corrected chi connectivity index (χ4v) is 6.37. The van der Waals surface area contributed by atoms with Gasteiger partial charge >= 0.3 is 51.4 Å². The number of carbonyl (C=O) groups is 7. The van der Waals surface area contributed by atoms with Crippen LogP contribution in [0.3, 0.4) is 0 Å². The van der Waals surface area contributed by atoms with Gasteiger partial charge in [-0.1, -0.05) is 53.0 Å². The standard InChI is InChI=1S/C38H73N9O11.C6H15NS.C3H3.CH4.K/c1-3-29(36(40)52)11-5-8-17-43-34(50)27-57-25-24-56-22-20-45-35(51)28-58-26-23-55-21-19-44-32(48)14-10-15-33(49)47-31(13-4-7-16-39)38(54)46-18-9-6-12-30(42-2)37(41)53;1-3-5-6-7-8-4-2;1-3-2;;/h29-31,42H,3-28,39H2,1-2H3,(H2,40,52)(H2,41,53)(H,43,50)(H,44,48)(H,45,51)(H,46,54)(H,47,49);7H,3-6H2,1-2H3;1H,2H2;1H4;/q;;-1;;+1/t29-,30-,31-;;;;/m0..../s1. The van der Waals surface area contributed by atoms with Crippen molar-refractivity contribution in [2.75, 3.05) is 105 Å². The van der Waals surface area contributed by atoms with Crippen LogP contribution >= 0.6 is 11.9 Å². The van der Waals surface area contributed by atoms with Crippen LogP contribution in [0.25, 0.3) is 0 Å². The van der Waals surface area contributed by atoms with E-state index in [1.807, 2.05) is 12.7 Å². The van der Waals surface area contributed by atoms with Gasteiger partial charge in [0.25, 0.3) is 0 Å². The Labute approximate surface area is 473 Å². The molecule has 0 heterocycles. The van der Waals surface area contributed by atoms with E-state index in [1.165, 1.54) is 18.6 Å². The quantitative estimate of drug-likeness (QED) is 0.0111. The number of nitrogens with two attached hydrogens (primary N) is 3. The second-order valence-electron chi connectivity index (χ2n) is 15.6. The second-order valence-corrected chi connectivity index (χ2v) is 16.7. The summed E-state index contributed by atoms with van der Waals surface area (Å²) in [5, 5.41) is 16.6. The van der Waals surface area contributed by atoms with Crippen LogP contribution in [0.2, 0.25) is 0 Å². The van der Waals surface area contributed by atoms with Crippen LogP contribution in [0.1, 0.15) is 125 Å². The SMILES string of the molecule is C.CCCCNSCC.CC[C@@H](CCCCNC(=O)COCCOCCNC(=O)COCCOCCNC(=O)CCCC(=O)N[C@@H](CCCCN)C(=O)NCCCC[C@H](NC)C(N)=O)C(N)=O.[CH-]=C=C.[K+]. The van der Waals surface area contributed by atoms with E-state index in [0.29, 0.717) is 71.0 Å². The van der Waals surface area contributed by atoms with Crippen molar-refractivity contribution in [1.29, 1.82) is 0 Å². The van der Waals surface area contributed by atoms with Crippen molar-refractivity contribution in [3.63, 3.8) is 0 Å². The molecule has 7 amide bonds. The zero-order valence-electron chi connectivity index (χ0n) is 43.4. The first-order valence-electron chi connectivity index (χ1n) is 24.5. The molecule has 0 aromatic heterocycles. The monoisotopic (exact) mass is 1060 g/mol. The molecule has 0 rings (SSSR count). The molecule has 0 aliphatic heterocycles. The van der Waals surface area contributed by atoms with Gasteiger partial charge in [-0.05, 0) is 84.2 Å². The summed E-state index contributed by atoms with van der Waals surface area (Å²) in [6.07, 6.45) is 9.85. The zero-order valence-corrected chi connectivity index (χ0v) is 47.3. The minimum atomic E-state index is -0.705. The van der Waals surface area contributed by atoms with Gasteiger partial charge in [0.15, 0.2) is 0 Å². The van der Waals surface area contributed by atoms with E-state index in [2.05, 4.69) is 63.6 Å². The van der Waals surface area contributed by atoms with Gasteiger partial charge in [-0.15, -0.1) is 0 Å². The Morgan fingerprint density at radius 2 is 1.10 bits per heavy atom. The van der Waals surface area contributed by atoms with Gasteiger partial charge in [0, 0.05) is 57.2 Å². The van der Waals surface area contributed by atoms with Gasteiger partial charge in [0.2, 0.25) is 41.4 Å². The molecule has 0 aromatic rings. The molecule has 0 unspecified atom stereocenters. The molecule has 23 heteroatoms. The predicted molar refractivity (Wildman–Crippen MR) is 278 cm³/mol. The summed E-state index contributed by atoms with van der Waals surface area (Å²) in [4.78, 5) is 83.8. The van der Waals surface area contributed by atoms with Gasteiger partial charge in [0.1, 0.15) is 19.3 Å². The molecule has 0 aliphatic carbocycles. The normalized spacial score (nSPS) is 11.5. The maximum absolute atomic E-state index is 12.8. The van der Waals surface area contributed by atoms with Crippen molar-refractivity contribution in [3.8, 4) is 0 Å². The summed E-state index contributed by atoms with van der Waals surface area (Å²) in [6.45, 7) is 18.1. The summed E-state index contributed by atoms with van der Waals surface area (Å²) in [5.74, 6) is -1.03. The second kappa shape index (κ2) is 60.1. The van der Waals surface area contributed by atoms with E-state index >= 15 is 0 Å². The molecule has 21 nitrogen and oxygen atoms in total. The van der Waals surface area contributed by atoms with E-state index in [9.17, 15) is 33.6 Å². The molecule has 0 bridgehead atoms. The van der Waals surface area contributed by atoms with Crippen LogP contribution in [0.4, 0.5) is 0 Å². The molecule has 0 spiro atoms. The molecule has 13 N–H and O–H groups in total.